The van der Waals surface area contributed by atoms with Crippen LogP contribution < -0.4 is 11.2 Å². The molecule has 4 rings (SSSR count). The first-order chi connectivity index (χ1) is 16.7. The maximum atomic E-state index is 12.3. The van der Waals surface area contributed by atoms with Crippen LogP contribution in [0.3, 0.4) is 0 Å². The third kappa shape index (κ3) is 4.33. The van der Waals surface area contributed by atoms with Gasteiger partial charge in [0, 0.05) is 15.1 Å². The molecule has 11 heteroatoms. The molecule has 0 atom stereocenters. The van der Waals surface area contributed by atoms with Crippen molar-refractivity contribution >= 4 is 40.8 Å². The van der Waals surface area contributed by atoms with Gasteiger partial charge in [-0.1, -0.05) is 65.1 Å². The minimum atomic E-state index is -1.60. The quantitative estimate of drug-likeness (QED) is 0.369. The molecule has 0 amide bonds. The smallest absolute Gasteiger partial charge is 0.362 e. The van der Waals surface area contributed by atoms with Crippen molar-refractivity contribution < 1.29 is 9.90 Å². The van der Waals surface area contributed by atoms with E-state index in [1.165, 1.54) is 18.2 Å². The Labute approximate surface area is 212 Å². The Hall–Kier alpha value is -3.90. The molecule has 0 radical (unpaired) electrons. The van der Waals surface area contributed by atoms with E-state index in [4.69, 9.17) is 34.8 Å². The maximum absolute atomic E-state index is 12.3. The second-order valence-electron chi connectivity index (χ2n) is 7.36. The van der Waals surface area contributed by atoms with Crippen molar-refractivity contribution in [3.05, 3.63) is 125 Å². The molecule has 0 fully saturated rings. The lowest BCUT2D eigenvalue weighted by molar-refractivity contribution is 0.0685. The van der Waals surface area contributed by atoms with Crippen LogP contribution in [0.15, 0.2) is 76.3 Å². The predicted molar refractivity (Wildman–Crippen MR) is 131 cm³/mol. The SMILES string of the molecule is N#CC(c1ccc(Cl)cc1)(c1ccc(Cl)cc1)c1ccc(-n2nc(C(=O)O)c(=O)[nH]c2=O)cc1Cl. The summed E-state index contributed by atoms with van der Waals surface area (Å²) in [6.45, 7) is 0. The highest BCUT2D eigenvalue weighted by Gasteiger charge is 2.38. The molecule has 35 heavy (non-hydrogen) atoms. The van der Waals surface area contributed by atoms with Crippen molar-refractivity contribution in [2.75, 3.05) is 0 Å². The number of aromatic nitrogens is 3. The van der Waals surface area contributed by atoms with Gasteiger partial charge in [-0.3, -0.25) is 9.78 Å². The first kappa shape index (κ1) is 24.2. The van der Waals surface area contributed by atoms with Gasteiger partial charge in [0.2, 0.25) is 5.69 Å². The number of H-pyrrole nitrogens is 1. The molecule has 0 aliphatic carbocycles. The van der Waals surface area contributed by atoms with Crippen molar-refractivity contribution in [1.29, 1.82) is 5.26 Å². The monoisotopic (exact) mass is 526 g/mol. The Balaban J connectivity index is 1.96. The molecule has 0 bridgehead atoms. The zero-order chi connectivity index (χ0) is 25.3. The molecule has 3 aromatic carbocycles. The molecule has 1 aromatic heterocycles. The molecule has 8 nitrogen and oxygen atoms in total. The van der Waals surface area contributed by atoms with Crippen molar-refractivity contribution in [2.24, 2.45) is 0 Å². The number of rotatable bonds is 5. The molecule has 2 N–H and O–H groups in total. The van der Waals surface area contributed by atoms with Gasteiger partial charge < -0.3 is 5.11 Å². The molecule has 0 saturated carbocycles. The lowest BCUT2D eigenvalue weighted by atomic mass is 9.70. The van der Waals surface area contributed by atoms with Gasteiger partial charge in [-0.05, 0) is 53.1 Å². The predicted octanol–water partition coefficient (Wildman–Crippen LogP) is 4.44. The number of hydrogen-bond acceptors (Lipinski definition) is 5. The summed E-state index contributed by atoms with van der Waals surface area (Å²) in [5.41, 5.74) is -2.71. The minimum absolute atomic E-state index is 0.0848. The Morgan fingerprint density at radius 2 is 1.49 bits per heavy atom. The molecule has 0 aliphatic heterocycles. The zero-order valence-electron chi connectivity index (χ0n) is 17.5. The van der Waals surface area contributed by atoms with Crippen LogP contribution in [0.1, 0.15) is 27.2 Å². The molecule has 0 saturated heterocycles. The summed E-state index contributed by atoms with van der Waals surface area (Å²) in [6, 6.07) is 20.1. The summed E-state index contributed by atoms with van der Waals surface area (Å²) in [5.74, 6) is -1.60. The van der Waals surface area contributed by atoms with Crippen LogP contribution in [0.25, 0.3) is 5.69 Å². The van der Waals surface area contributed by atoms with Gasteiger partial charge in [-0.25, -0.2) is 9.59 Å². The van der Waals surface area contributed by atoms with Gasteiger partial charge in [-0.2, -0.15) is 15.0 Å². The fourth-order valence-corrected chi connectivity index (χ4v) is 4.29. The fraction of sp³-hybridized carbons (Fsp3) is 0.0417. The standard InChI is InChI=1S/C24H13Cl3N4O4/c25-15-5-1-13(2-6-15)24(12-28,14-3-7-16(26)8-4-14)18-10-9-17(11-19(18)27)31-23(35)29-21(32)20(30-31)22(33)34/h1-11H,(H,33,34)(H,29,32,35). The van der Waals surface area contributed by atoms with Crippen LogP contribution in [0.2, 0.25) is 15.1 Å². The van der Waals surface area contributed by atoms with Crippen LogP contribution in [0.5, 0.6) is 0 Å². The minimum Gasteiger partial charge on any atom is -0.476 e. The molecule has 0 aliphatic rings. The number of hydrogen-bond donors (Lipinski definition) is 2. The van der Waals surface area contributed by atoms with E-state index < -0.39 is 28.3 Å². The van der Waals surface area contributed by atoms with Crippen molar-refractivity contribution in [2.45, 2.75) is 5.41 Å². The topological polar surface area (TPSA) is 129 Å². The first-order valence-corrected chi connectivity index (χ1v) is 11.0. The summed E-state index contributed by atoms with van der Waals surface area (Å²) in [7, 11) is 0. The van der Waals surface area contributed by atoms with Gasteiger partial charge in [0.25, 0.3) is 5.56 Å². The van der Waals surface area contributed by atoms with E-state index in [-0.39, 0.29) is 10.7 Å². The third-order valence-electron chi connectivity index (χ3n) is 5.35. The highest BCUT2D eigenvalue weighted by molar-refractivity contribution is 6.32. The van der Waals surface area contributed by atoms with Crippen molar-refractivity contribution in [3.63, 3.8) is 0 Å². The van der Waals surface area contributed by atoms with E-state index >= 15 is 0 Å². The van der Waals surface area contributed by atoms with E-state index in [1.54, 1.807) is 48.5 Å². The van der Waals surface area contributed by atoms with E-state index in [2.05, 4.69) is 11.2 Å². The fourth-order valence-electron chi connectivity index (χ4n) is 3.72. The molecule has 174 valence electrons. The van der Waals surface area contributed by atoms with Gasteiger partial charge in [0.1, 0.15) is 5.41 Å². The van der Waals surface area contributed by atoms with Crippen LogP contribution in [-0.4, -0.2) is 25.8 Å². The summed E-state index contributed by atoms with van der Waals surface area (Å²) < 4.78 is 0.707. The van der Waals surface area contributed by atoms with Crippen LogP contribution in [0.4, 0.5) is 0 Å². The van der Waals surface area contributed by atoms with Crippen LogP contribution >= 0.6 is 34.8 Å². The highest BCUT2D eigenvalue weighted by atomic mass is 35.5. The van der Waals surface area contributed by atoms with Gasteiger partial charge in [0.15, 0.2) is 0 Å². The van der Waals surface area contributed by atoms with Gasteiger partial charge in [0.05, 0.1) is 11.8 Å². The molecule has 4 aromatic rings. The second-order valence-corrected chi connectivity index (χ2v) is 8.64. The molecular formula is C24H13Cl3N4O4. The van der Waals surface area contributed by atoms with Crippen molar-refractivity contribution in [1.82, 2.24) is 14.8 Å². The Kier molecular flexibility index (Phi) is 6.50. The van der Waals surface area contributed by atoms with Gasteiger partial charge >= 0.3 is 11.7 Å². The highest BCUT2D eigenvalue weighted by Crippen LogP contribution is 2.43. The largest absolute Gasteiger partial charge is 0.476 e. The number of carboxylic acid groups (broad SMARTS) is 1. The maximum Gasteiger partial charge on any atom is 0.362 e. The number of nitriles is 1. The number of carbonyl (C=O) groups is 1. The second kappa shape index (κ2) is 9.39. The van der Waals surface area contributed by atoms with E-state index in [1.807, 2.05) is 4.98 Å². The van der Waals surface area contributed by atoms with Crippen LogP contribution in [-0.2, 0) is 5.41 Å². The Bertz CT molecular complexity index is 1560. The molecular weight excluding hydrogens is 515 g/mol. The number of nitrogens with one attached hydrogen (secondary N) is 1. The van der Waals surface area contributed by atoms with E-state index in [0.29, 0.717) is 31.4 Å². The average Bonchev–Trinajstić information content (AvgIpc) is 2.82. The zero-order valence-corrected chi connectivity index (χ0v) is 19.8. The normalized spacial score (nSPS) is 11.1. The average molecular weight is 528 g/mol. The summed E-state index contributed by atoms with van der Waals surface area (Å²) in [5, 5.41) is 24.4. The number of nitrogens with zero attached hydrogens (tertiary/aromatic N) is 3. The lowest BCUT2D eigenvalue weighted by Gasteiger charge is -2.30. The van der Waals surface area contributed by atoms with E-state index in [0.717, 1.165) is 0 Å². The Morgan fingerprint density at radius 1 is 0.943 bits per heavy atom. The third-order valence-corrected chi connectivity index (χ3v) is 6.17. The summed E-state index contributed by atoms with van der Waals surface area (Å²) >= 11 is 18.8. The number of carboxylic acids is 1. The summed E-state index contributed by atoms with van der Waals surface area (Å²) in [6.07, 6.45) is 0. The number of aromatic amines is 1. The first-order valence-electron chi connectivity index (χ1n) is 9.88. The molecule has 1 heterocycles. The van der Waals surface area contributed by atoms with Crippen LogP contribution in [0, 0.1) is 11.3 Å². The Morgan fingerprint density at radius 3 is 1.94 bits per heavy atom. The summed E-state index contributed by atoms with van der Waals surface area (Å²) in [4.78, 5) is 37.2. The number of halogens is 3. The molecule has 0 spiro atoms. The number of aromatic carboxylic acids is 1. The lowest BCUT2D eigenvalue weighted by Crippen LogP contribution is -2.35. The number of benzene rings is 3. The van der Waals surface area contributed by atoms with Crippen molar-refractivity contribution in [3.8, 4) is 11.8 Å². The van der Waals surface area contributed by atoms with Gasteiger partial charge in [-0.15, -0.1) is 0 Å². The molecule has 0 unspecified atom stereocenters. The van der Waals surface area contributed by atoms with E-state index in [9.17, 15) is 24.8 Å².